The summed E-state index contributed by atoms with van der Waals surface area (Å²) in [4.78, 5) is 12.0. The van der Waals surface area contributed by atoms with E-state index >= 15 is 0 Å². The number of nitrogens with one attached hydrogen (secondary N) is 1. The number of benzene rings is 2. The summed E-state index contributed by atoms with van der Waals surface area (Å²) in [5, 5.41) is 4.71. The molecule has 0 saturated heterocycles. The second kappa shape index (κ2) is 7.61. The largest absolute Gasteiger partial charge is 0.481 e. The molecule has 0 heterocycles. The lowest BCUT2D eigenvalue weighted by atomic mass is 10.1. The molecule has 1 N–H and O–H groups in total. The van der Waals surface area contributed by atoms with Crippen LogP contribution in [0.4, 0.5) is 0 Å². The van der Waals surface area contributed by atoms with Crippen molar-refractivity contribution in [3.05, 3.63) is 65.2 Å². The van der Waals surface area contributed by atoms with Crippen molar-refractivity contribution in [2.45, 2.75) is 20.0 Å². The molecule has 2 aromatic carbocycles. The smallest absolute Gasteiger partial charge is 0.280 e. The first-order chi connectivity index (χ1) is 10.6. The number of ether oxygens (including phenoxy) is 1. The van der Waals surface area contributed by atoms with Crippen molar-refractivity contribution in [3.8, 4) is 5.75 Å². The number of hydrogen-bond donors (Lipinski definition) is 1. The zero-order chi connectivity index (χ0) is 15.9. The van der Waals surface area contributed by atoms with Crippen LogP contribution in [0, 0.1) is 0 Å². The maximum absolute atomic E-state index is 12.0. The van der Waals surface area contributed by atoms with Gasteiger partial charge in [-0.1, -0.05) is 41.9 Å². The first kappa shape index (κ1) is 16.0. The van der Waals surface area contributed by atoms with E-state index in [9.17, 15) is 4.79 Å². The fraction of sp³-hybridized carbons (Fsp3) is 0.176. The summed E-state index contributed by atoms with van der Waals surface area (Å²) in [6, 6.07) is 16.5. The lowest BCUT2D eigenvalue weighted by molar-refractivity contribution is -0.127. The van der Waals surface area contributed by atoms with E-state index in [4.69, 9.17) is 16.3 Å². The molecule has 0 aromatic heterocycles. The van der Waals surface area contributed by atoms with Crippen molar-refractivity contribution in [2.24, 2.45) is 5.10 Å². The van der Waals surface area contributed by atoms with Crippen LogP contribution in [0.25, 0.3) is 0 Å². The van der Waals surface area contributed by atoms with Crippen molar-refractivity contribution in [2.75, 3.05) is 0 Å². The van der Waals surface area contributed by atoms with E-state index < -0.39 is 6.10 Å². The van der Waals surface area contributed by atoms with Crippen LogP contribution in [0.1, 0.15) is 19.4 Å². The summed E-state index contributed by atoms with van der Waals surface area (Å²) in [6.07, 6.45) is -0.659. The van der Waals surface area contributed by atoms with E-state index in [0.29, 0.717) is 10.8 Å². The average Bonchev–Trinajstić information content (AvgIpc) is 2.55. The summed E-state index contributed by atoms with van der Waals surface area (Å²) >= 11 is 5.80. The Balaban J connectivity index is 1.92. The third-order valence-electron chi connectivity index (χ3n) is 3.02. The predicted molar refractivity (Wildman–Crippen MR) is 88.3 cm³/mol. The molecular weight excluding hydrogens is 300 g/mol. The van der Waals surface area contributed by atoms with Crippen molar-refractivity contribution in [3.63, 3.8) is 0 Å². The molecule has 2 aromatic rings. The van der Waals surface area contributed by atoms with Crippen molar-refractivity contribution < 1.29 is 9.53 Å². The average molecular weight is 317 g/mol. The van der Waals surface area contributed by atoms with Crippen LogP contribution in [-0.2, 0) is 4.79 Å². The van der Waals surface area contributed by atoms with Gasteiger partial charge in [0, 0.05) is 5.02 Å². The molecule has 5 heteroatoms. The lowest BCUT2D eigenvalue weighted by Gasteiger charge is -2.13. The van der Waals surface area contributed by atoms with Gasteiger partial charge in [0.1, 0.15) is 5.75 Å². The third kappa shape index (κ3) is 4.60. The normalized spacial score (nSPS) is 12.6. The number of carbonyl (C=O) groups is 1. The zero-order valence-electron chi connectivity index (χ0n) is 12.4. The molecule has 114 valence electrons. The summed E-state index contributed by atoms with van der Waals surface area (Å²) in [5.41, 5.74) is 4.19. The quantitative estimate of drug-likeness (QED) is 0.676. The maximum Gasteiger partial charge on any atom is 0.280 e. The van der Waals surface area contributed by atoms with E-state index in [1.807, 2.05) is 37.3 Å². The Morgan fingerprint density at radius 1 is 1.14 bits per heavy atom. The number of carbonyl (C=O) groups excluding carboxylic acids is 1. The molecule has 2 rings (SSSR count). The minimum Gasteiger partial charge on any atom is -0.481 e. The maximum atomic E-state index is 12.0. The van der Waals surface area contributed by atoms with E-state index in [1.54, 1.807) is 31.2 Å². The third-order valence-corrected chi connectivity index (χ3v) is 3.27. The number of hydrogen-bond acceptors (Lipinski definition) is 3. The Kier molecular flexibility index (Phi) is 5.55. The van der Waals surface area contributed by atoms with Gasteiger partial charge in [0.25, 0.3) is 5.91 Å². The number of nitrogens with zero attached hydrogens (tertiary/aromatic N) is 1. The summed E-state index contributed by atoms with van der Waals surface area (Å²) in [5.74, 6) is 0.265. The second-order valence-electron chi connectivity index (χ2n) is 4.75. The SMILES string of the molecule is C/C(=N\NC(=O)C(C)Oc1ccc(Cl)cc1)c1ccccc1. The molecule has 0 aliphatic rings. The number of amides is 1. The van der Waals surface area contributed by atoms with Crippen LogP contribution in [0.3, 0.4) is 0 Å². The fourth-order valence-electron chi connectivity index (χ4n) is 1.74. The highest BCUT2D eigenvalue weighted by molar-refractivity contribution is 6.30. The van der Waals surface area contributed by atoms with E-state index in [2.05, 4.69) is 10.5 Å². The number of rotatable bonds is 5. The lowest BCUT2D eigenvalue weighted by Crippen LogP contribution is -2.33. The Hall–Kier alpha value is -2.33. The molecule has 0 saturated carbocycles. The summed E-state index contributed by atoms with van der Waals surface area (Å²) in [7, 11) is 0. The van der Waals surface area contributed by atoms with Crippen LogP contribution < -0.4 is 10.2 Å². The van der Waals surface area contributed by atoms with Gasteiger partial charge in [0.05, 0.1) is 5.71 Å². The predicted octanol–water partition coefficient (Wildman–Crippen LogP) is 3.65. The topological polar surface area (TPSA) is 50.7 Å². The fourth-order valence-corrected chi connectivity index (χ4v) is 1.87. The van der Waals surface area contributed by atoms with Gasteiger partial charge in [-0.2, -0.15) is 5.10 Å². The molecule has 1 amide bonds. The number of hydrazone groups is 1. The van der Waals surface area contributed by atoms with Gasteiger partial charge in [-0.3, -0.25) is 4.79 Å². The first-order valence-electron chi connectivity index (χ1n) is 6.88. The van der Waals surface area contributed by atoms with Gasteiger partial charge in [-0.15, -0.1) is 0 Å². The molecule has 0 bridgehead atoms. The number of halogens is 1. The summed E-state index contributed by atoms with van der Waals surface area (Å²) < 4.78 is 5.53. The van der Waals surface area contributed by atoms with Gasteiger partial charge in [-0.05, 0) is 43.7 Å². The second-order valence-corrected chi connectivity index (χ2v) is 5.19. The van der Waals surface area contributed by atoms with Crippen LogP contribution in [0.15, 0.2) is 59.7 Å². The van der Waals surface area contributed by atoms with Crippen LogP contribution in [0.2, 0.25) is 5.02 Å². The van der Waals surface area contributed by atoms with Crippen molar-refractivity contribution in [1.29, 1.82) is 0 Å². The Bertz CT molecular complexity index is 654. The first-order valence-corrected chi connectivity index (χ1v) is 7.26. The molecular formula is C17H17ClN2O2. The highest BCUT2D eigenvalue weighted by Gasteiger charge is 2.14. The Morgan fingerprint density at radius 3 is 2.41 bits per heavy atom. The van der Waals surface area contributed by atoms with E-state index in [0.717, 1.165) is 11.3 Å². The minimum atomic E-state index is -0.659. The van der Waals surface area contributed by atoms with Gasteiger partial charge >= 0.3 is 0 Å². The summed E-state index contributed by atoms with van der Waals surface area (Å²) in [6.45, 7) is 3.50. The molecule has 0 spiro atoms. The molecule has 1 atom stereocenters. The van der Waals surface area contributed by atoms with Crippen LogP contribution >= 0.6 is 11.6 Å². The van der Waals surface area contributed by atoms with Gasteiger partial charge in [0.15, 0.2) is 6.10 Å². The van der Waals surface area contributed by atoms with Gasteiger partial charge < -0.3 is 4.74 Å². The van der Waals surface area contributed by atoms with Crippen molar-refractivity contribution in [1.82, 2.24) is 5.43 Å². The molecule has 0 fully saturated rings. The van der Waals surface area contributed by atoms with E-state index in [-0.39, 0.29) is 5.91 Å². The molecule has 22 heavy (non-hydrogen) atoms. The van der Waals surface area contributed by atoms with Gasteiger partial charge in [0.2, 0.25) is 0 Å². The zero-order valence-corrected chi connectivity index (χ0v) is 13.2. The molecule has 1 unspecified atom stereocenters. The Labute approximate surface area is 134 Å². The standard InChI is InChI=1S/C17H17ClN2O2/c1-12(14-6-4-3-5-7-14)19-20-17(21)13(2)22-16-10-8-15(18)9-11-16/h3-11,13H,1-2H3,(H,20,21)/b19-12+. The molecule has 0 radical (unpaired) electrons. The van der Waals surface area contributed by atoms with E-state index in [1.165, 1.54) is 0 Å². The highest BCUT2D eigenvalue weighted by atomic mass is 35.5. The van der Waals surface area contributed by atoms with Gasteiger partial charge in [-0.25, -0.2) is 5.43 Å². The van der Waals surface area contributed by atoms with Crippen LogP contribution in [0.5, 0.6) is 5.75 Å². The molecule has 0 aliphatic heterocycles. The minimum absolute atomic E-state index is 0.315. The highest BCUT2D eigenvalue weighted by Crippen LogP contribution is 2.16. The Morgan fingerprint density at radius 2 is 1.77 bits per heavy atom. The monoisotopic (exact) mass is 316 g/mol. The van der Waals surface area contributed by atoms with Crippen molar-refractivity contribution >= 4 is 23.2 Å². The molecule has 0 aliphatic carbocycles. The molecule has 4 nitrogen and oxygen atoms in total. The van der Waals surface area contributed by atoms with Crippen LogP contribution in [-0.4, -0.2) is 17.7 Å².